The fraction of sp³-hybridized carbons (Fsp3) is 0.412. The minimum Gasteiger partial charge on any atom is -0.491 e. The molecule has 3 aromatic carbocycles. The zero-order valence-electron chi connectivity index (χ0n) is 25.0. The topological polar surface area (TPSA) is 70.6 Å². The first kappa shape index (κ1) is 32.3. The monoisotopic (exact) mass is 608 g/mol. The Labute approximate surface area is 259 Å². The van der Waals surface area contributed by atoms with Crippen LogP contribution in [0.4, 0.5) is 4.39 Å². The van der Waals surface area contributed by atoms with Crippen molar-refractivity contribution in [1.82, 2.24) is 19.4 Å². The molecular formula is C34H42ClFN4O3. The number of amides is 1. The van der Waals surface area contributed by atoms with Gasteiger partial charge in [0.25, 0.3) is 0 Å². The van der Waals surface area contributed by atoms with Gasteiger partial charge in [-0.2, -0.15) is 0 Å². The van der Waals surface area contributed by atoms with Gasteiger partial charge in [-0.05, 0) is 93.6 Å². The quantitative estimate of drug-likeness (QED) is 0.195. The zero-order chi connectivity index (χ0) is 29.5. The van der Waals surface area contributed by atoms with Gasteiger partial charge in [0.2, 0.25) is 5.91 Å². The van der Waals surface area contributed by atoms with E-state index in [1.54, 1.807) is 12.1 Å². The van der Waals surface area contributed by atoms with Crippen LogP contribution in [0.25, 0.3) is 11.0 Å². The number of unbranched alkanes of at least 4 members (excludes halogenated alkanes) is 1. The Morgan fingerprint density at radius 3 is 2.30 bits per heavy atom. The molecule has 1 saturated heterocycles. The number of aromatic nitrogens is 2. The van der Waals surface area contributed by atoms with E-state index in [4.69, 9.17) is 4.74 Å². The summed E-state index contributed by atoms with van der Waals surface area (Å²) in [6.45, 7) is 7.97. The number of rotatable bonds is 12. The van der Waals surface area contributed by atoms with Crippen LogP contribution in [0.15, 0.2) is 77.6 Å². The number of ether oxygens (including phenoxy) is 1. The third-order valence-electron chi connectivity index (χ3n) is 8.02. The average molecular weight is 609 g/mol. The molecule has 1 fully saturated rings. The maximum absolute atomic E-state index is 13.6. The van der Waals surface area contributed by atoms with Gasteiger partial charge in [-0.1, -0.05) is 36.4 Å². The van der Waals surface area contributed by atoms with E-state index in [0.717, 1.165) is 73.2 Å². The van der Waals surface area contributed by atoms with Crippen molar-refractivity contribution in [3.05, 3.63) is 100 Å². The maximum atomic E-state index is 13.6. The van der Waals surface area contributed by atoms with Crippen molar-refractivity contribution < 1.29 is 13.9 Å². The Kier molecular flexibility index (Phi) is 11.4. The van der Waals surface area contributed by atoms with Crippen LogP contribution in [0.3, 0.4) is 0 Å². The molecular weight excluding hydrogens is 567 g/mol. The molecule has 0 atom stereocenters. The Bertz CT molecular complexity index is 1510. The van der Waals surface area contributed by atoms with Gasteiger partial charge in [0.15, 0.2) is 0 Å². The first-order chi connectivity index (χ1) is 20.4. The van der Waals surface area contributed by atoms with Gasteiger partial charge in [-0.15, -0.1) is 12.4 Å². The van der Waals surface area contributed by atoms with Gasteiger partial charge < -0.3 is 19.5 Å². The zero-order valence-corrected chi connectivity index (χ0v) is 25.8. The lowest BCUT2D eigenvalue weighted by atomic mass is 10.00. The van der Waals surface area contributed by atoms with E-state index in [9.17, 15) is 14.0 Å². The molecule has 7 nitrogen and oxygen atoms in total. The number of imidazole rings is 1. The largest absolute Gasteiger partial charge is 0.491 e. The summed E-state index contributed by atoms with van der Waals surface area (Å²) in [5.74, 6) is 0.605. The average Bonchev–Trinajstić information content (AvgIpc) is 3.30. The van der Waals surface area contributed by atoms with Gasteiger partial charge in [0.05, 0.1) is 23.6 Å². The minimum absolute atomic E-state index is 0. The summed E-state index contributed by atoms with van der Waals surface area (Å²) >= 11 is 0. The number of piperidine rings is 1. The number of likely N-dealkylation sites (tertiary alicyclic amines) is 1. The van der Waals surface area contributed by atoms with Gasteiger partial charge >= 0.3 is 5.69 Å². The number of para-hydroxylation sites is 2. The summed E-state index contributed by atoms with van der Waals surface area (Å²) in [5, 5.41) is 0. The van der Waals surface area contributed by atoms with Crippen molar-refractivity contribution in [3.8, 4) is 5.75 Å². The van der Waals surface area contributed by atoms with E-state index >= 15 is 0 Å². The fourth-order valence-electron chi connectivity index (χ4n) is 5.83. The molecule has 1 amide bonds. The molecule has 1 aliphatic heterocycles. The molecule has 0 aliphatic carbocycles. The van der Waals surface area contributed by atoms with Gasteiger partial charge in [0.1, 0.15) is 11.6 Å². The standard InChI is InChI=1S/C34H41FN4O3.ClH/c1-25(2)42-30-15-11-26(12-16-30)23-33(40)39(24-27-9-13-28(35)14-10-27)29-17-21-37(22-18-29)19-5-6-20-38-32-8-4-3-7-31(32)36-34(38)41;/h3-4,7-16,25,29H,5-6,17-24H2,1-2H3,(H,36,41);1H. The normalized spacial score (nSPS) is 14.1. The maximum Gasteiger partial charge on any atom is 0.326 e. The fourth-order valence-corrected chi connectivity index (χ4v) is 5.83. The minimum atomic E-state index is -0.275. The molecule has 0 saturated carbocycles. The molecule has 4 aromatic rings. The number of fused-ring (bicyclic) bond motifs is 1. The van der Waals surface area contributed by atoms with E-state index in [0.29, 0.717) is 19.5 Å². The number of aromatic amines is 1. The second kappa shape index (κ2) is 15.2. The molecule has 1 aliphatic rings. The third kappa shape index (κ3) is 8.71. The van der Waals surface area contributed by atoms with Crippen molar-refractivity contribution in [2.45, 2.75) is 71.2 Å². The van der Waals surface area contributed by atoms with Crippen LogP contribution >= 0.6 is 12.4 Å². The number of carbonyl (C=O) groups is 1. The highest BCUT2D eigenvalue weighted by atomic mass is 35.5. The predicted octanol–water partition coefficient (Wildman–Crippen LogP) is 6.19. The van der Waals surface area contributed by atoms with Gasteiger partial charge in [-0.3, -0.25) is 9.36 Å². The molecule has 43 heavy (non-hydrogen) atoms. The number of hydrogen-bond acceptors (Lipinski definition) is 4. The van der Waals surface area contributed by atoms with Gasteiger partial charge in [-0.25, -0.2) is 9.18 Å². The number of nitrogens with zero attached hydrogens (tertiary/aromatic N) is 3. The Balaban J connectivity index is 0.00000423. The van der Waals surface area contributed by atoms with E-state index in [1.807, 2.05) is 71.8 Å². The summed E-state index contributed by atoms with van der Waals surface area (Å²) in [6, 6.07) is 22.1. The van der Waals surface area contributed by atoms with Crippen LogP contribution < -0.4 is 10.4 Å². The highest BCUT2D eigenvalue weighted by Crippen LogP contribution is 2.22. The number of H-pyrrole nitrogens is 1. The summed E-state index contributed by atoms with van der Waals surface area (Å²) in [4.78, 5) is 33.4. The van der Waals surface area contributed by atoms with Crippen LogP contribution in [-0.4, -0.2) is 57.0 Å². The van der Waals surface area contributed by atoms with Crippen molar-refractivity contribution in [2.75, 3.05) is 19.6 Å². The van der Waals surface area contributed by atoms with Crippen molar-refractivity contribution in [1.29, 1.82) is 0 Å². The number of nitrogens with one attached hydrogen (secondary N) is 1. The molecule has 9 heteroatoms. The van der Waals surface area contributed by atoms with E-state index in [1.165, 1.54) is 12.1 Å². The summed E-state index contributed by atoms with van der Waals surface area (Å²) in [7, 11) is 0. The molecule has 1 aromatic heterocycles. The number of benzene rings is 3. The van der Waals surface area contributed by atoms with Gasteiger partial charge in [0, 0.05) is 32.2 Å². The molecule has 230 valence electrons. The van der Waals surface area contributed by atoms with Crippen LogP contribution in [0.5, 0.6) is 5.75 Å². The molecule has 0 spiro atoms. The van der Waals surface area contributed by atoms with E-state index in [-0.39, 0.29) is 42.0 Å². The highest BCUT2D eigenvalue weighted by Gasteiger charge is 2.28. The number of halogens is 2. The Morgan fingerprint density at radius 2 is 1.60 bits per heavy atom. The number of hydrogen-bond donors (Lipinski definition) is 1. The van der Waals surface area contributed by atoms with Crippen LogP contribution in [0, 0.1) is 5.82 Å². The summed E-state index contributed by atoms with van der Waals surface area (Å²) < 4.78 is 21.1. The lowest BCUT2D eigenvalue weighted by Gasteiger charge is -2.39. The second-order valence-electron chi connectivity index (χ2n) is 11.5. The first-order valence-corrected chi connectivity index (χ1v) is 15.0. The Hall–Kier alpha value is -3.62. The van der Waals surface area contributed by atoms with Crippen molar-refractivity contribution in [2.24, 2.45) is 0 Å². The Morgan fingerprint density at radius 1 is 0.953 bits per heavy atom. The van der Waals surface area contributed by atoms with E-state index < -0.39 is 0 Å². The molecule has 0 radical (unpaired) electrons. The highest BCUT2D eigenvalue weighted by molar-refractivity contribution is 5.85. The SMILES string of the molecule is CC(C)Oc1ccc(CC(=O)N(Cc2ccc(F)cc2)C2CCN(CCCCn3c(=O)[nH]c4ccccc43)CC2)cc1.Cl. The lowest BCUT2D eigenvalue weighted by Crippen LogP contribution is -2.47. The molecule has 0 bridgehead atoms. The smallest absolute Gasteiger partial charge is 0.326 e. The van der Waals surface area contributed by atoms with Crippen molar-refractivity contribution >= 4 is 29.3 Å². The molecule has 0 unspecified atom stereocenters. The van der Waals surface area contributed by atoms with Crippen LogP contribution in [0.2, 0.25) is 0 Å². The summed E-state index contributed by atoms with van der Waals surface area (Å²) in [6.07, 6.45) is 4.14. The summed E-state index contributed by atoms with van der Waals surface area (Å²) in [5.41, 5.74) is 3.66. The van der Waals surface area contributed by atoms with E-state index in [2.05, 4.69) is 9.88 Å². The number of carbonyl (C=O) groups excluding carboxylic acids is 1. The second-order valence-corrected chi connectivity index (χ2v) is 11.5. The molecule has 1 N–H and O–H groups in total. The predicted molar refractivity (Wildman–Crippen MR) is 171 cm³/mol. The van der Waals surface area contributed by atoms with Crippen LogP contribution in [-0.2, 0) is 24.3 Å². The lowest BCUT2D eigenvalue weighted by molar-refractivity contribution is -0.134. The number of aryl methyl sites for hydroxylation is 1. The molecule has 5 rings (SSSR count). The van der Waals surface area contributed by atoms with Crippen LogP contribution in [0.1, 0.15) is 50.7 Å². The first-order valence-electron chi connectivity index (χ1n) is 15.0. The van der Waals surface area contributed by atoms with Crippen molar-refractivity contribution in [3.63, 3.8) is 0 Å². The molecule has 2 heterocycles. The third-order valence-corrected chi connectivity index (χ3v) is 8.02.